The van der Waals surface area contributed by atoms with Crippen LogP contribution in [0.25, 0.3) is 0 Å². The quantitative estimate of drug-likeness (QED) is 0.867. The molecule has 2 aromatic carbocycles. The van der Waals surface area contributed by atoms with E-state index >= 15 is 0 Å². The van der Waals surface area contributed by atoms with Crippen molar-refractivity contribution in [3.05, 3.63) is 71.0 Å². The molecule has 0 aliphatic heterocycles. The van der Waals surface area contributed by atoms with Gasteiger partial charge < -0.3 is 5.32 Å². The highest BCUT2D eigenvalue weighted by molar-refractivity contribution is 5.35. The maximum absolute atomic E-state index is 13.0. The maximum atomic E-state index is 13.0. The van der Waals surface area contributed by atoms with Gasteiger partial charge in [0.2, 0.25) is 0 Å². The Labute approximate surface area is 119 Å². The molecule has 0 saturated heterocycles. The van der Waals surface area contributed by atoms with Crippen molar-refractivity contribution in [1.29, 1.82) is 0 Å². The van der Waals surface area contributed by atoms with Gasteiger partial charge in [-0.25, -0.2) is 4.39 Å². The summed E-state index contributed by atoms with van der Waals surface area (Å²) in [6, 6.07) is 15.7. The molecule has 2 aromatic rings. The molecule has 0 aromatic heterocycles. The first-order valence-corrected chi connectivity index (χ1v) is 7.30. The number of hydrogen-bond donors (Lipinski definition) is 1. The second-order valence-electron chi connectivity index (χ2n) is 5.57. The molecular weight excluding hydrogens is 249 g/mol. The highest BCUT2D eigenvalue weighted by Crippen LogP contribution is 2.36. The van der Waals surface area contributed by atoms with Crippen molar-refractivity contribution in [2.45, 2.75) is 31.2 Å². The molecule has 0 heterocycles. The summed E-state index contributed by atoms with van der Waals surface area (Å²) in [7, 11) is 1.94. The van der Waals surface area contributed by atoms with Crippen LogP contribution in [0.5, 0.6) is 0 Å². The van der Waals surface area contributed by atoms with E-state index in [9.17, 15) is 4.39 Å². The third kappa shape index (κ3) is 2.61. The smallest absolute Gasteiger partial charge is 0.123 e. The molecule has 0 spiro atoms. The van der Waals surface area contributed by atoms with E-state index in [1.165, 1.54) is 42.5 Å². The molecular formula is C18H20FN. The average molecular weight is 269 g/mol. The van der Waals surface area contributed by atoms with E-state index in [1.54, 1.807) is 0 Å². The summed E-state index contributed by atoms with van der Waals surface area (Å²) in [5, 5.41) is 3.31. The second kappa shape index (κ2) is 5.76. The number of hydrogen-bond acceptors (Lipinski definition) is 1. The van der Waals surface area contributed by atoms with Crippen molar-refractivity contribution in [3.8, 4) is 0 Å². The third-order valence-corrected chi connectivity index (χ3v) is 4.34. The van der Waals surface area contributed by atoms with Gasteiger partial charge in [-0.1, -0.05) is 42.8 Å². The van der Waals surface area contributed by atoms with E-state index in [1.807, 2.05) is 19.2 Å². The molecule has 1 saturated carbocycles. The van der Waals surface area contributed by atoms with Gasteiger partial charge in [-0.3, -0.25) is 0 Å². The maximum Gasteiger partial charge on any atom is 0.123 e. The zero-order valence-corrected chi connectivity index (χ0v) is 11.8. The van der Waals surface area contributed by atoms with Crippen molar-refractivity contribution in [2.24, 2.45) is 0 Å². The van der Waals surface area contributed by atoms with E-state index in [-0.39, 0.29) is 11.9 Å². The Kier molecular flexibility index (Phi) is 3.83. The highest BCUT2D eigenvalue weighted by Gasteiger charge is 2.19. The Morgan fingerprint density at radius 1 is 0.950 bits per heavy atom. The van der Waals surface area contributed by atoms with E-state index in [4.69, 9.17) is 0 Å². The summed E-state index contributed by atoms with van der Waals surface area (Å²) in [5.74, 6) is 0.576. The van der Waals surface area contributed by atoms with Crippen molar-refractivity contribution >= 4 is 0 Å². The summed E-state index contributed by atoms with van der Waals surface area (Å²) in [6.45, 7) is 0. The first-order valence-electron chi connectivity index (χ1n) is 7.30. The SMILES string of the molecule is CNC(c1ccc(F)cc1)c1ccc(C2CCC2)cc1. The predicted molar refractivity (Wildman–Crippen MR) is 80.3 cm³/mol. The fourth-order valence-electron chi connectivity index (χ4n) is 2.88. The molecule has 3 rings (SSSR count). The van der Waals surface area contributed by atoms with Gasteiger partial charge in [-0.15, -0.1) is 0 Å². The van der Waals surface area contributed by atoms with Crippen molar-refractivity contribution in [2.75, 3.05) is 7.05 Å². The highest BCUT2D eigenvalue weighted by atomic mass is 19.1. The number of benzene rings is 2. The molecule has 1 aliphatic carbocycles. The lowest BCUT2D eigenvalue weighted by Gasteiger charge is -2.26. The molecule has 0 amide bonds. The van der Waals surface area contributed by atoms with Crippen molar-refractivity contribution in [1.82, 2.24) is 5.32 Å². The number of rotatable bonds is 4. The molecule has 104 valence electrons. The van der Waals surface area contributed by atoms with Gasteiger partial charge in [-0.2, -0.15) is 0 Å². The van der Waals surface area contributed by atoms with Crippen LogP contribution < -0.4 is 5.32 Å². The summed E-state index contributed by atoms with van der Waals surface area (Å²) in [5.41, 5.74) is 3.77. The Balaban J connectivity index is 1.83. The van der Waals surface area contributed by atoms with Crippen LogP contribution in [0.15, 0.2) is 48.5 Å². The fourth-order valence-corrected chi connectivity index (χ4v) is 2.88. The van der Waals surface area contributed by atoms with Crippen molar-refractivity contribution < 1.29 is 4.39 Å². The van der Waals surface area contributed by atoms with Gasteiger partial charge >= 0.3 is 0 Å². The van der Waals surface area contributed by atoms with Crippen LogP contribution >= 0.6 is 0 Å². The molecule has 1 atom stereocenters. The minimum atomic E-state index is -0.191. The molecule has 20 heavy (non-hydrogen) atoms. The molecule has 1 nitrogen and oxygen atoms in total. The topological polar surface area (TPSA) is 12.0 Å². The van der Waals surface area contributed by atoms with Gasteiger partial charge in [0.25, 0.3) is 0 Å². The molecule has 1 N–H and O–H groups in total. The van der Waals surface area contributed by atoms with Crippen LogP contribution in [-0.4, -0.2) is 7.05 Å². The Morgan fingerprint density at radius 3 is 1.95 bits per heavy atom. The van der Waals surface area contributed by atoms with Crippen LogP contribution in [0.2, 0.25) is 0 Å². The molecule has 2 heteroatoms. The lowest BCUT2D eigenvalue weighted by molar-refractivity contribution is 0.419. The molecule has 0 radical (unpaired) electrons. The summed E-state index contributed by atoms with van der Waals surface area (Å²) in [6.07, 6.45) is 4.01. The second-order valence-corrected chi connectivity index (χ2v) is 5.57. The molecule has 1 unspecified atom stereocenters. The Hall–Kier alpha value is -1.67. The van der Waals surface area contributed by atoms with Crippen LogP contribution in [-0.2, 0) is 0 Å². The van der Waals surface area contributed by atoms with E-state index in [2.05, 4.69) is 29.6 Å². The minimum Gasteiger partial charge on any atom is -0.309 e. The van der Waals surface area contributed by atoms with E-state index < -0.39 is 0 Å². The van der Waals surface area contributed by atoms with Gasteiger partial charge in [0.05, 0.1) is 6.04 Å². The lowest BCUT2D eigenvalue weighted by atomic mass is 9.79. The monoisotopic (exact) mass is 269 g/mol. The largest absolute Gasteiger partial charge is 0.309 e. The summed E-state index contributed by atoms with van der Waals surface area (Å²) in [4.78, 5) is 0. The molecule has 1 aliphatic rings. The summed E-state index contributed by atoms with van der Waals surface area (Å²) < 4.78 is 13.0. The Morgan fingerprint density at radius 2 is 1.50 bits per heavy atom. The predicted octanol–water partition coefficient (Wildman–Crippen LogP) is 4.40. The molecule has 1 fully saturated rings. The van der Waals surface area contributed by atoms with Crippen LogP contribution in [0.3, 0.4) is 0 Å². The van der Waals surface area contributed by atoms with Gasteiger partial charge in [0, 0.05) is 0 Å². The number of halogens is 1. The number of nitrogens with one attached hydrogen (secondary N) is 1. The third-order valence-electron chi connectivity index (χ3n) is 4.34. The van der Waals surface area contributed by atoms with E-state index in [0.29, 0.717) is 0 Å². The van der Waals surface area contributed by atoms with Crippen LogP contribution in [0.1, 0.15) is 47.9 Å². The van der Waals surface area contributed by atoms with Gasteiger partial charge in [-0.05, 0) is 54.6 Å². The zero-order valence-electron chi connectivity index (χ0n) is 11.8. The van der Waals surface area contributed by atoms with Crippen LogP contribution in [0.4, 0.5) is 4.39 Å². The summed E-state index contributed by atoms with van der Waals surface area (Å²) >= 11 is 0. The first-order chi connectivity index (χ1) is 9.78. The normalized spacial score (nSPS) is 16.7. The fraction of sp³-hybridized carbons (Fsp3) is 0.333. The van der Waals surface area contributed by atoms with Crippen molar-refractivity contribution in [3.63, 3.8) is 0 Å². The van der Waals surface area contributed by atoms with E-state index in [0.717, 1.165) is 11.5 Å². The first kappa shape index (κ1) is 13.3. The Bertz CT molecular complexity index is 555. The van der Waals surface area contributed by atoms with Crippen LogP contribution in [0, 0.1) is 5.82 Å². The molecule has 0 bridgehead atoms. The standard InChI is InChI=1S/C18H20FN/c1-20-18(16-9-11-17(19)12-10-16)15-7-5-14(6-8-15)13-3-2-4-13/h5-13,18,20H,2-4H2,1H3. The van der Waals surface area contributed by atoms with Gasteiger partial charge in [0.1, 0.15) is 5.82 Å². The lowest BCUT2D eigenvalue weighted by Crippen LogP contribution is -2.18. The average Bonchev–Trinajstić information content (AvgIpc) is 2.42. The van der Waals surface area contributed by atoms with Gasteiger partial charge in [0.15, 0.2) is 0 Å². The minimum absolute atomic E-state index is 0.117. The zero-order chi connectivity index (χ0) is 13.9.